The molecular formula is C15H11N7O4. The summed E-state index contributed by atoms with van der Waals surface area (Å²) in [5.74, 6) is -0.973. The summed E-state index contributed by atoms with van der Waals surface area (Å²) < 4.78 is 0. The van der Waals surface area contributed by atoms with Crippen molar-refractivity contribution >= 4 is 23.5 Å². The minimum Gasteiger partial charge on any atom is -0.307 e. The van der Waals surface area contributed by atoms with Crippen LogP contribution in [-0.4, -0.2) is 36.7 Å². The van der Waals surface area contributed by atoms with Crippen molar-refractivity contribution in [3.8, 4) is 0 Å². The maximum absolute atomic E-state index is 12.2. The lowest BCUT2D eigenvalue weighted by Gasteiger charge is -2.06. The van der Waals surface area contributed by atoms with Crippen LogP contribution in [0.1, 0.15) is 21.0 Å². The van der Waals surface area contributed by atoms with Gasteiger partial charge in [-0.05, 0) is 24.3 Å². The van der Waals surface area contributed by atoms with Crippen LogP contribution in [0.25, 0.3) is 0 Å². The number of carbonyl (C=O) groups excluding carboxylic acids is 2. The number of hydrogen-bond donors (Lipinski definition) is 4. The summed E-state index contributed by atoms with van der Waals surface area (Å²) in [6, 6.07) is 7.08. The third kappa shape index (κ3) is 4.03. The maximum atomic E-state index is 12.2. The standard InChI is InChI=1S/C15H11N7O4/c23-12(19-10-4-6-16-14(25)21-10)8-2-1-3-9(18-8)13(24)20-11-5-7-17-15(26)22-11/h1-7H,(H2,16,19,21,23,25)(H2,17,20,22,24,26). The van der Waals surface area contributed by atoms with E-state index in [0.29, 0.717) is 0 Å². The number of hydrogen-bond acceptors (Lipinski definition) is 7. The fraction of sp³-hybridized carbons (Fsp3) is 0. The van der Waals surface area contributed by atoms with Gasteiger partial charge in [-0.15, -0.1) is 0 Å². The first-order valence-electron chi connectivity index (χ1n) is 7.22. The van der Waals surface area contributed by atoms with Crippen LogP contribution in [0.4, 0.5) is 11.6 Å². The Morgan fingerprint density at radius 2 is 1.23 bits per heavy atom. The van der Waals surface area contributed by atoms with Crippen molar-refractivity contribution in [3.05, 3.63) is 75.1 Å². The molecule has 0 radical (unpaired) electrons. The van der Waals surface area contributed by atoms with Crippen LogP contribution in [0.3, 0.4) is 0 Å². The molecule has 130 valence electrons. The highest BCUT2D eigenvalue weighted by Crippen LogP contribution is 2.06. The van der Waals surface area contributed by atoms with E-state index in [0.717, 1.165) is 0 Å². The lowest BCUT2D eigenvalue weighted by Crippen LogP contribution is -2.21. The Morgan fingerprint density at radius 3 is 1.65 bits per heavy atom. The predicted molar refractivity (Wildman–Crippen MR) is 89.9 cm³/mol. The van der Waals surface area contributed by atoms with E-state index < -0.39 is 23.2 Å². The van der Waals surface area contributed by atoms with E-state index >= 15 is 0 Å². The molecule has 0 aliphatic rings. The van der Waals surface area contributed by atoms with Crippen LogP contribution < -0.4 is 22.0 Å². The summed E-state index contributed by atoms with van der Waals surface area (Å²) in [6.07, 6.45) is 2.47. The number of nitrogens with one attached hydrogen (secondary N) is 4. The smallest absolute Gasteiger partial charge is 0.307 e. The molecule has 0 saturated heterocycles. The molecule has 2 amide bonds. The Bertz CT molecular complexity index is 1010. The van der Waals surface area contributed by atoms with Crippen molar-refractivity contribution < 1.29 is 9.59 Å². The van der Waals surface area contributed by atoms with E-state index in [9.17, 15) is 19.2 Å². The first-order valence-corrected chi connectivity index (χ1v) is 7.22. The molecule has 26 heavy (non-hydrogen) atoms. The number of amides is 2. The van der Waals surface area contributed by atoms with Gasteiger partial charge in [0.2, 0.25) is 0 Å². The van der Waals surface area contributed by atoms with Crippen molar-refractivity contribution in [1.29, 1.82) is 0 Å². The number of aromatic amines is 2. The fourth-order valence-electron chi connectivity index (χ4n) is 1.94. The van der Waals surface area contributed by atoms with Crippen LogP contribution in [0, 0.1) is 0 Å². The third-order valence-electron chi connectivity index (χ3n) is 3.06. The van der Waals surface area contributed by atoms with Crippen LogP contribution >= 0.6 is 0 Å². The molecule has 0 atom stereocenters. The molecule has 11 heteroatoms. The van der Waals surface area contributed by atoms with Gasteiger partial charge in [0, 0.05) is 12.4 Å². The van der Waals surface area contributed by atoms with Crippen LogP contribution in [-0.2, 0) is 0 Å². The quantitative estimate of drug-likeness (QED) is 0.502. The van der Waals surface area contributed by atoms with E-state index in [1.54, 1.807) is 0 Å². The Labute approximate surface area is 144 Å². The molecule has 0 saturated carbocycles. The van der Waals surface area contributed by atoms with Crippen molar-refractivity contribution in [1.82, 2.24) is 24.9 Å². The molecule has 0 aliphatic carbocycles. The van der Waals surface area contributed by atoms with E-state index in [2.05, 4.69) is 35.6 Å². The van der Waals surface area contributed by atoms with Crippen molar-refractivity contribution in [2.45, 2.75) is 0 Å². The zero-order chi connectivity index (χ0) is 18.5. The SMILES string of the molecule is O=C(Nc1ccnc(=O)[nH]1)c1cccc(C(=O)Nc2ccnc(=O)[nH]2)n1. The molecule has 0 bridgehead atoms. The molecular weight excluding hydrogens is 342 g/mol. The highest BCUT2D eigenvalue weighted by atomic mass is 16.2. The highest BCUT2D eigenvalue weighted by Gasteiger charge is 2.13. The number of pyridine rings is 1. The lowest BCUT2D eigenvalue weighted by atomic mass is 10.2. The van der Waals surface area contributed by atoms with Crippen molar-refractivity contribution in [2.75, 3.05) is 10.6 Å². The largest absolute Gasteiger partial charge is 0.346 e. The molecule has 3 heterocycles. The van der Waals surface area contributed by atoms with Gasteiger partial charge in [0.1, 0.15) is 23.0 Å². The number of aromatic nitrogens is 5. The zero-order valence-electron chi connectivity index (χ0n) is 13.0. The van der Waals surface area contributed by atoms with Gasteiger partial charge in [-0.3, -0.25) is 19.6 Å². The molecule has 4 N–H and O–H groups in total. The second-order valence-electron chi connectivity index (χ2n) is 4.89. The third-order valence-corrected chi connectivity index (χ3v) is 3.06. The van der Waals surface area contributed by atoms with Gasteiger partial charge < -0.3 is 10.6 Å². The molecule has 0 fully saturated rings. The summed E-state index contributed by atoms with van der Waals surface area (Å²) in [5, 5.41) is 4.88. The monoisotopic (exact) mass is 353 g/mol. The van der Waals surface area contributed by atoms with Crippen molar-refractivity contribution in [2.24, 2.45) is 0 Å². The Morgan fingerprint density at radius 1 is 0.769 bits per heavy atom. The van der Waals surface area contributed by atoms with E-state index in [1.165, 1.54) is 42.7 Å². The molecule has 3 aromatic rings. The highest BCUT2D eigenvalue weighted by molar-refractivity contribution is 6.05. The van der Waals surface area contributed by atoms with E-state index in [4.69, 9.17) is 0 Å². The summed E-state index contributed by atoms with van der Waals surface area (Å²) in [7, 11) is 0. The fourth-order valence-corrected chi connectivity index (χ4v) is 1.94. The molecule has 3 aromatic heterocycles. The summed E-state index contributed by atoms with van der Waals surface area (Å²) in [5.41, 5.74) is -1.32. The van der Waals surface area contributed by atoms with Crippen LogP contribution in [0.5, 0.6) is 0 Å². The number of nitrogens with zero attached hydrogens (tertiary/aromatic N) is 3. The molecule has 0 aromatic carbocycles. The average Bonchev–Trinajstić information content (AvgIpc) is 2.62. The van der Waals surface area contributed by atoms with Gasteiger partial charge in [0.15, 0.2) is 0 Å². The maximum Gasteiger partial charge on any atom is 0.346 e. The Balaban J connectivity index is 1.76. The second kappa shape index (κ2) is 7.17. The minimum absolute atomic E-state index is 0.0430. The van der Waals surface area contributed by atoms with Gasteiger partial charge in [-0.1, -0.05) is 6.07 Å². The minimum atomic E-state index is -0.626. The summed E-state index contributed by atoms with van der Waals surface area (Å²) in [4.78, 5) is 62.2. The number of H-pyrrole nitrogens is 2. The molecule has 0 spiro atoms. The van der Waals surface area contributed by atoms with E-state index in [1.807, 2.05) is 0 Å². The first kappa shape index (κ1) is 16.7. The van der Waals surface area contributed by atoms with Gasteiger partial charge in [0.05, 0.1) is 0 Å². The van der Waals surface area contributed by atoms with Crippen LogP contribution in [0.2, 0.25) is 0 Å². The first-order chi connectivity index (χ1) is 12.5. The van der Waals surface area contributed by atoms with Gasteiger partial charge in [0.25, 0.3) is 11.8 Å². The molecule has 3 rings (SSSR count). The number of rotatable bonds is 4. The molecule has 11 nitrogen and oxygen atoms in total. The zero-order valence-corrected chi connectivity index (χ0v) is 13.0. The van der Waals surface area contributed by atoms with Crippen LogP contribution in [0.15, 0.2) is 52.3 Å². The summed E-state index contributed by atoms with van der Waals surface area (Å²) >= 11 is 0. The normalized spacial score (nSPS) is 10.2. The van der Waals surface area contributed by atoms with Gasteiger partial charge in [-0.2, -0.15) is 0 Å². The topological polar surface area (TPSA) is 163 Å². The predicted octanol–water partition coefficient (Wildman–Crippen LogP) is -0.247. The number of anilines is 2. The van der Waals surface area contributed by atoms with E-state index in [-0.39, 0.29) is 23.0 Å². The Kier molecular flexibility index (Phi) is 4.60. The second-order valence-corrected chi connectivity index (χ2v) is 4.89. The lowest BCUT2D eigenvalue weighted by molar-refractivity contribution is 0.101. The summed E-state index contributed by atoms with van der Waals surface area (Å²) in [6.45, 7) is 0. The Hall–Kier alpha value is -4.15. The average molecular weight is 353 g/mol. The van der Waals surface area contributed by atoms with Gasteiger partial charge >= 0.3 is 11.4 Å². The number of carbonyl (C=O) groups is 2. The van der Waals surface area contributed by atoms with Crippen molar-refractivity contribution in [3.63, 3.8) is 0 Å². The van der Waals surface area contributed by atoms with Gasteiger partial charge in [-0.25, -0.2) is 24.5 Å². The molecule has 0 aliphatic heterocycles. The molecule has 0 unspecified atom stereocenters.